The maximum absolute atomic E-state index is 13.6. The summed E-state index contributed by atoms with van der Waals surface area (Å²) in [4.78, 5) is 17.0. The summed E-state index contributed by atoms with van der Waals surface area (Å²) < 4.78 is 38.1. The predicted octanol–water partition coefficient (Wildman–Crippen LogP) is 10.3. The first-order valence-corrected chi connectivity index (χ1v) is 18.3. The molecular weight excluding hydrogens is 665 g/mol. The number of rotatable bonds is 5. The molecule has 0 radical (unpaired) electrons. The van der Waals surface area contributed by atoms with Gasteiger partial charge in [0.2, 0.25) is 0 Å². The van der Waals surface area contributed by atoms with Gasteiger partial charge in [-0.25, -0.2) is 9.97 Å². The van der Waals surface area contributed by atoms with E-state index in [0.717, 1.165) is 55.8 Å². The van der Waals surface area contributed by atoms with Crippen LogP contribution >= 0.6 is 0 Å². The Morgan fingerprint density at radius 2 is 1.00 bits per heavy atom. The molecule has 0 saturated heterocycles. The molecule has 4 aromatic carbocycles. The summed E-state index contributed by atoms with van der Waals surface area (Å²) in [6.45, 7) is 0. The van der Waals surface area contributed by atoms with E-state index < -0.39 is 10.1 Å². The van der Waals surface area contributed by atoms with Gasteiger partial charge < -0.3 is 9.97 Å². The molecule has 9 rings (SSSR count). The van der Waals surface area contributed by atoms with Crippen LogP contribution in [0.2, 0.25) is 0 Å². The molecule has 8 bridgehead atoms. The highest BCUT2D eigenvalue weighted by molar-refractivity contribution is 7.95. The molecule has 0 aliphatic carbocycles. The van der Waals surface area contributed by atoms with E-state index in [1.165, 1.54) is 0 Å². The van der Waals surface area contributed by atoms with Gasteiger partial charge >= 0.3 is 0 Å². The average molecular weight is 695 g/mol. The molecule has 52 heavy (non-hydrogen) atoms. The summed E-state index contributed by atoms with van der Waals surface area (Å²) >= 11 is 0. The zero-order valence-electron chi connectivity index (χ0n) is 27.7. The van der Waals surface area contributed by atoms with Crippen molar-refractivity contribution < 1.29 is 13.0 Å². The van der Waals surface area contributed by atoms with E-state index in [1.54, 1.807) is 6.07 Å². The van der Waals surface area contributed by atoms with Crippen molar-refractivity contribution in [3.63, 3.8) is 0 Å². The average Bonchev–Trinajstić information content (AvgIpc) is 3.96. The van der Waals surface area contributed by atoms with E-state index in [-0.39, 0.29) is 10.6 Å². The van der Waals surface area contributed by atoms with Crippen LogP contribution < -0.4 is 0 Å². The van der Waals surface area contributed by atoms with E-state index in [0.29, 0.717) is 27.9 Å². The SMILES string of the molecule is O=S(=O)(O)C1=C(c2ccccc2)c2nc1cc1ccc(cc3nc(cc4[nH]c(c2-c2ccccc2)c(-c2ccccc2)c4-c2ccccc2)C=C3)[nH]1. The van der Waals surface area contributed by atoms with Gasteiger partial charge in [-0.3, -0.25) is 4.55 Å². The van der Waals surface area contributed by atoms with E-state index in [9.17, 15) is 13.0 Å². The molecule has 7 nitrogen and oxygen atoms in total. The zero-order chi connectivity index (χ0) is 35.2. The van der Waals surface area contributed by atoms with Crippen molar-refractivity contribution in [1.29, 1.82) is 0 Å². The fraction of sp³-hybridized carbons (Fsp3) is 0. The highest BCUT2D eigenvalue weighted by atomic mass is 32.2. The van der Waals surface area contributed by atoms with Gasteiger partial charge in [0.25, 0.3) is 10.1 Å². The van der Waals surface area contributed by atoms with Crippen molar-refractivity contribution in [2.24, 2.45) is 0 Å². The smallest absolute Gasteiger partial charge is 0.297 e. The van der Waals surface area contributed by atoms with E-state index in [1.807, 2.05) is 133 Å². The fourth-order valence-corrected chi connectivity index (χ4v) is 7.94. The number of aromatic nitrogens is 4. The van der Waals surface area contributed by atoms with Crippen LogP contribution in [0.3, 0.4) is 0 Å². The highest BCUT2D eigenvalue weighted by Gasteiger charge is 2.33. The van der Waals surface area contributed by atoms with Crippen LogP contribution in [-0.2, 0) is 10.1 Å². The van der Waals surface area contributed by atoms with Gasteiger partial charge in [0.05, 0.1) is 28.3 Å². The molecule has 0 fully saturated rings. The van der Waals surface area contributed by atoms with Gasteiger partial charge in [-0.1, -0.05) is 121 Å². The van der Waals surface area contributed by atoms with Crippen LogP contribution in [-0.4, -0.2) is 32.9 Å². The first-order chi connectivity index (χ1) is 25.4. The molecule has 0 amide bonds. The van der Waals surface area contributed by atoms with E-state index in [4.69, 9.17) is 9.97 Å². The molecule has 0 spiro atoms. The predicted molar refractivity (Wildman–Crippen MR) is 210 cm³/mol. The van der Waals surface area contributed by atoms with Crippen molar-refractivity contribution in [2.45, 2.75) is 0 Å². The Bertz CT molecular complexity index is 2840. The lowest BCUT2D eigenvalue weighted by atomic mass is 9.91. The molecule has 3 N–H and O–H groups in total. The summed E-state index contributed by atoms with van der Waals surface area (Å²) in [6.07, 6.45) is 3.96. The Kier molecular flexibility index (Phi) is 7.61. The quantitative estimate of drug-likeness (QED) is 0.155. The molecule has 250 valence electrons. The lowest BCUT2D eigenvalue weighted by Crippen LogP contribution is -2.02. The molecule has 3 aromatic heterocycles. The monoisotopic (exact) mass is 694 g/mol. The first-order valence-electron chi connectivity index (χ1n) is 16.8. The maximum atomic E-state index is 13.6. The number of hydrogen-bond donors (Lipinski definition) is 3. The standard InChI is InChI=1S/C44H30N4O3S/c49-52(50,51)44-37-27-35-24-22-33(46-35)25-32-21-23-34(45-32)26-36-38(28-13-5-1-6-14-28)39(29-15-7-2-8-16-29)42(47-36)40(30-17-9-3-10-18-30)43(48-37)41(44)31-19-11-4-12-20-31/h1-27,46-47H,(H,49,50,51). The summed E-state index contributed by atoms with van der Waals surface area (Å²) in [7, 11) is -4.80. The van der Waals surface area contributed by atoms with Crippen LogP contribution in [0.5, 0.6) is 0 Å². The maximum Gasteiger partial charge on any atom is 0.297 e. The minimum absolute atomic E-state index is 0.113. The van der Waals surface area contributed by atoms with Crippen LogP contribution in [0.1, 0.15) is 28.3 Å². The number of nitrogens with zero attached hydrogens (tertiary/aromatic N) is 2. The summed E-state index contributed by atoms with van der Waals surface area (Å²) in [6, 6.07) is 48.8. The van der Waals surface area contributed by atoms with Crippen LogP contribution in [0.15, 0.2) is 152 Å². The molecule has 2 aliphatic heterocycles. The number of H-pyrrole nitrogens is 2. The first kappa shape index (κ1) is 31.4. The van der Waals surface area contributed by atoms with Crippen molar-refractivity contribution >= 4 is 54.8 Å². The molecule has 0 atom stereocenters. The lowest BCUT2D eigenvalue weighted by Gasteiger charge is -2.13. The highest BCUT2D eigenvalue weighted by Crippen LogP contribution is 2.47. The number of fused-ring (bicyclic) bond motifs is 8. The number of nitrogens with one attached hydrogen (secondary N) is 2. The van der Waals surface area contributed by atoms with Gasteiger partial charge in [-0.15, -0.1) is 0 Å². The molecule has 2 aliphatic rings. The number of hydrogen-bond acceptors (Lipinski definition) is 4. The van der Waals surface area contributed by atoms with Crippen molar-refractivity contribution in [3.05, 3.63) is 180 Å². The third-order valence-electron chi connectivity index (χ3n) is 9.25. The number of benzene rings is 4. The van der Waals surface area contributed by atoms with Crippen molar-refractivity contribution in [2.75, 3.05) is 0 Å². The Morgan fingerprint density at radius 3 is 1.58 bits per heavy atom. The Labute approximate surface area is 300 Å². The largest absolute Gasteiger partial charge is 0.355 e. The molecule has 0 saturated carbocycles. The minimum Gasteiger partial charge on any atom is -0.355 e. The van der Waals surface area contributed by atoms with Gasteiger partial charge in [0.15, 0.2) is 0 Å². The zero-order valence-corrected chi connectivity index (χ0v) is 28.5. The van der Waals surface area contributed by atoms with Crippen molar-refractivity contribution in [1.82, 2.24) is 19.9 Å². The van der Waals surface area contributed by atoms with Crippen LogP contribution in [0.25, 0.3) is 78.1 Å². The van der Waals surface area contributed by atoms with Gasteiger partial charge in [0, 0.05) is 38.8 Å². The van der Waals surface area contributed by atoms with Crippen molar-refractivity contribution in [3.8, 4) is 33.4 Å². The lowest BCUT2D eigenvalue weighted by molar-refractivity contribution is 0.496. The minimum atomic E-state index is -4.80. The second-order valence-corrected chi connectivity index (χ2v) is 14.0. The van der Waals surface area contributed by atoms with E-state index >= 15 is 0 Å². The fourth-order valence-electron chi connectivity index (χ4n) is 7.10. The van der Waals surface area contributed by atoms with Gasteiger partial charge in [0.1, 0.15) is 4.91 Å². The second kappa shape index (κ2) is 12.6. The van der Waals surface area contributed by atoms with E-state index in [2.05, 4.69) is 34.2 Å². The summed E-state index contributed by atoms with van der Waals surface area (Å²) in [5.74, 6) is 0. The number of aromatic amines is 2. The third kappa shape index (κ3) is 5.66. The Morgan fingerprint density at radius 1 is 0.500 bits per heavy atom. The second-order valence-electron chi connectivity index (χ2n) is 12.6. The third-order valence-corrected chi connectivity index (χ3v) is 10.2. The van der Waals surface area contributed by atoms with Gasteiger partial charge in [-0.2, -0.15) is 8.42 Å². The summed E-state index contributed by atoms with van der Waals surface area (Å²) in [5.41, 5.74) is 11.2. The van der Waals surface area contributed by atoms with Crippen LogP contribution in [0.4, 0.5) is 0 Å². The normalized spacial score (nSPS) is 12.7. The summed E-state index contributed by atoms with van der Waals surface area (Å²) in [5, 5.41) is 0. The Hall–Kier alpha value is -6.61. The van der Waals surface area contributed by atoms with Crippen LogP contribution in [0, 0.1) is 0 Å². The molecule has 0 unspecified atom stereocenters. The topological polar surface area (TPSA) is 112 Å². The molecular formula is C44H30N4O3S. The Balaban J connectivity index is 1.59. The molecule has 7 aromatic rings. The molecule has 5 heterocycles. The molecule has 8 heteroatoms. The van der Waals surface area contributed by atoms with Gasteiger partial charge in [-0.05, 0) is 64.7 Å².